The van der Waals surface area contributed by atoms with E-state index in [-0.39, 0.29) is 11.9 Å². The molecule has 0 saturated heterocycles. The van der Waals surface area contributed by atoms with Gasteiger partial charge < -0.3 is 16.4 Å². The van der Waals surface area contributed by atoms with E-state index in [2.05, 4.69) is 20.9 Å². The summed E-state index contributed by atoms with van der Waals surface area (Å²) in [7, 11) is 0. The van der Waals surface area contributed by atoms with Gasteiger partial charge in [0.1, 0.15) is 0 Å². The van der Waals surface area contributed by atoms with Crippen molar-refractivity contribution in [2.75, 3.05) is 11.4 Å². The van der Waals surface area contributed by atoms with Crippen LogP contribution in [0.5, 0.6) is 0 Å². The third-order valence-electron chi connectivity index (χ3n) is 1.95. The van der Waals surface area contributed by atoms with Crippen molar-refractivity contribution in [2.24, 2.45) is 16.5 Å². The first kappa shape index (κ1) is 12.5. The molecule has 0 aromatic heterocycles. The van der Waals surface area contributed by atoms with Crippen LogP contribution in [0.1, 0.15) is 6.92 Å². The van der Waals surface area contributed by atoms with E-state index in [4.69, 9.17) is 16.9 Å². The van der Waals surface area contributed by atoms with E-state index in [9.17, 15) is 0 Å². The van der Waals surface area contributed by atoms with E-state index in [1.54, 1.807) is 4.90 Å². The van der Waals surface area contributed by atoms with E-state index in [1.165, 1.54) is 0 Å². The molecule has 0 spiro atoms. The molecule has 0 heterocycles. The van der Waals surface area contributed by atoms with Gasteiger partial charge in [0.25, 0.3) is 0 Å². The topological polar surface area (TPSA) is 91.5 Å². The average Bonchev–Trinajstić information content (AvgIpc) is 2.21. The molecule has 1 aromatic carbocycles. The lowest BCUT2D eigenvalue weighted by atomic mass is 10.3. The van der Waals surface area contributed by atoms with Crippen LogP contribution in [-0.2, 0) is 0 Å². The maximum atomic E-state index is 7.73. The van der Waals surface area contributed by atoms with Crippen molar-refractivity contribution in [3.05, 3.63) is 28.7 Å². The van der Waals surface area contributed by atoms with Crippen molar-refractivity contribution < 1.29 is 0 Å². The van der Waals surface area contributed by atoms with Crippen LogP contribution >= 0.6 is 15.9 Å². The number of rotatable bonds is 2. The molecule has 0 amide bonds. The molecule has 0 atom stereocenters. The Labute approximate surface area is 103 Å². The predicted octanol–water partition coefficient (Wildman–Crippen LogP) is 1.48. The van der Waals surface area contributed by atoms with Crippen LogP contribution in [0, 0.1) is 5.41 Å². The van der Waals surface area contributed by atoms with Crippen molar-refractivity contribution in [3.8, 4) is 0 Å². The van der Waals surface area contributed by atoms with Crippen LogP contribution < -0.4 is 16.4 Å². The summed E-state index contributed by atoms with van der Waals surface area (Å²) in [6.45, 7) is 2.55. The summed E-state index contributed by atoms with van der Waals surface area (Å²) < 4.78 is 0.987. The maximum Gasteiger partial charge on any atom is 0.225 e. The Bertz CT molecular complexity index is 394. The van der Waals surface area contributed by atoms with Crippen LogP contribution in [0.4, 0.5) is 5.69 Å². The monoisotopic (exact) mass is 283 g/mol. The maximum absolute atomic E-state index is 7.73. The molecule has 0 bridgehead atoms. The molecular weight excluding hydrogens is 270 g/mol. The van der Waals surface area contributed by atoms with Crippen LogP contribution in [0.3, 0.4) is 0 Å². The molecule has 0 aliphatic heterocycles. The highest BCUT2D eigenvalue weighted by Crippen LogP contribution is 2.18. The van der Waals surface area contributed by atoms with E-state index in [0.29, 0.717) is 6.54 Å². The highest BCUT2D eigenvalue weighted by atomic mass is 79.9. The molecule has 16 heavy (non-hydrogen) atoms. The number of aliphatic imine (C=N–C) groups is 1. The Morgan fingerprint density at radius 2 is 1.94 bits per heavy atom. The fraction of sp³-hybridized carbons (Fsp3) is 0.200. The third kappa shape index (κ3) is 3.23. The molecule has 6 heteroatoms. The number of hydrogen-bond acceptors (Lipinski definition) is 1. The van der Waals surface area contributed by atoms with Gasteiger partial charge in [-0.25, -0.2) is 0 Å². The number of nitrogens with one attached hydrogen (secondary N) is 1. The molecule has 0 aliphatic rings. The van der Waals surface area contributed by atoms with Gasteiger partial charge in [0.05, 0.1) is 0 Å². The molecular formula is C10H14BrN5. The van der Waals surface area contributed by atoms with Crippen molar-refractivity contribution >= 4 is 33.5 Å². The quantitative estimate of drug-likeness (QED) is 0.567. The lowest BCUT2D eigenvalue weighted by Gasteiger charge is -2.20. The van der Waals surface area contributed by atoms with Gasteiger partial charge in [-0.1, -0.05) is 15.9 Å². The number of anilines is 1. The predicted molar refractivity (Wildman–Crippen MR) is 70.7 cm³/mol. The van der Waals surface area contributed by atoms with Crippen molar-refractivity contribution in [1.29, 1.82) is 5.41 Å². The van der Waals surface area contributed by atoms with Gasteiger partial charge >= 0.3 is 0 Å². The molecule has 0 radical (unpaired) electrons. The van der Waals surface area contributed by atoms with Gasteiger partial charge in [-0.05, 0) is 31.2 Å². The van der Waals surface area contributed by atoms with Crippen molar-refractivity contribution in [3.63, 3.8) is 0 Å². The van der Waals surface area contributed by atoms with Crippen LogP contribution in [0.2, 0.25) is 0 Å². The zero-order valence-electron chi connectivity index (χ0n) is 8.94. The van der Waals surface area contributed by atoms with E-state index >= 15 is 0 Å². The Morgan fingerprint density at radius 1 is 1.38 bits per heavy atom. The van der Waals surface area contributed by atoms with Gasteiger partial charge in [-0.15, -0.1) is 0 Å². The number of nitrogens with two attached hydrogens (primary N) is 2. The number of guanidine groups is 2. The minimum atomic E-state index is -0.111. The Balaban J connectivity index is 2.94. The summed E-state index contributed by atoms with van der Waals surface area (Å²) in [5.74, 6) is -0.0783. The first-order valence-corrected chi connectivity index (χ1v) is 5.55. The highest BCUT2D eigenvalue weighted by molar-refractivity contribution is 9.10. The fourth-order valence-electron chi connectivity index (χ4n) is 1.26. The molecule has 0 fully saturated rings. The minimum absolute atomic E-state index is 0.0322. The molecule has 0 saturated carbocycles. The van der Waals surface area contributed by atoms with Crippen LogP contribution in [-0.4, -0.2) is 18.5 Å². The Morgan fingerprint density at radius 3 is 2.38 bits per heavy atom. The lowest BCUT2D eigenvalue weighted by Crippen LogP contribution is -2.33. The minimum Gasteiger partial charge on any atom is -0.370 e. The highest BCUT2D eigenvalue weighted by Gasteiger charge is 2.09. The van der Waals surface area contributed by atoms with E-state index < -0.39 is 0 Å². The zero-order chi connectivity index (χ0) is 12.1. The lowest BCUT2D eigenvalue weighted by molar-refractivity contribution is 1.03. The largest absolute Gasteiger partial charge is 0.370 e. The molecule has 1 rings (SSSR count). The summed E-state index contributed by atoms with van der Waals surface area (Å²) in [4.78, 5) is 5.42. The molecule has 5 N–H and O–H groups in total. The second kappa shape index (κ2) is 5.50. The molecule has 5 nitrogen and oxygen atoms in total. The molecule has 0 unspecified atom stereocenters. The normalized spacial score (nSPS) is 9.62. The first-order valence-electron chi connectivity index (χ1n) is 4.76. The Hall–Kier alpha value is -1.56. The third-order valence-corrected chi connectivity index (χ3v) is 2.47. The average molecular weight is 284 g/mol. The van der Waals surface area contributed by atoms with Gasteiger partial charge in [0, 0.05) is 16.7 Å². The number of nitrogens with zero attached hydrogens (tertiary/aromatic N) is 2. The van der Waals surface area contributed by atoms with Crippen LogP contribution in [0.25, 0.3) is 0 Å². The number of halogens is 1. The second-order valence-electron chi connectivity index (χ2n) is 3.08. The summed E-state index contributed by atoms with van der Waals surface area (Å²) in [5, 5.41) is 7.73. The second-order valence-corrected chi connectivity index (χ2v) is 4.00. The summed E-state index contributed by atoms with van der Waals surface area (Å²) >= 11 is 3.35. The summed E-state index contributed by atoms with van der Waals surface area (Å²) in [6, 6.07) is 7.59. The van der Waals surface area contributed by atoms with E-state index in [0.717, 1.165) is 10.2 Å². The summed E-state index contributed by atoms with van der Waals surface area (Å²) in [6.07, 6.45) is 0. The zero-order valence-corrected chi connectivity index (χ0v) is 10.5. The molecule has 86 valence electrons. The molecule has 0 aliphatic carbocycles. The standard InChI is InChI=1S/C10H14BrN5/c1-2-16(10(14)15-9(12)13)8-5-3-7(11)4-6-8/h3-6H,2H2,1H3,(H5,12,13,14,15). The van der Waals surface area contributed by atoms with Gasteiger partial charge in [-0.2, -0.15) is 4.99 Å². The van der Waals surface area contributed by atoms with Gasteiger partial charge in [0.15, 0.2) is 5.96 Å². The van der Waals surface area contributed by atoms with Gasteiger partial charge in [0.2, 0.25) is 5.96 Å². The van der Waals surface area contributed by atoms with Crippen LogP contribution in [0.15, 0.2) is 33.7 Å². The SMILES string of the molecule is CCN(C(=N)N=C(N)N)c1ccc(Br)cc1. The smallest absolute Gasteiger partial charge is 0.225 e. The van der Waals surface area contributed by atoms with Gasteiger partial charge in [-0.3, -0.25) is 5.41 Å². The first-order chi connectivity index (χ1) is 7.54. The number of hydrogen-bond donors (Lipinski definition) is 3. The van der Waals surface area contributed by atoms with Crippen molar-refractivity contribution in [2.45, 2.75) is 6.92 Å². The Kier molecular flexibility index (Phi) is 4.30. The number of benzene rings is 1. The van der Waals surface area contributed by atoms with E-state index in [1.807, 2.05) is 31.2 Å². The van der Waals surface area contributed by atoms with Crippen molar-refractivity contribution in [1.82, 2.24) is 0 Å². The summed E-state index contributed by atoms with van der Waals surface area (Å²) in [5.41, 5.74) is 11.4. The fourth-order valence-corrected chi connectivity index (χ4v) is 1.52. The molecule has 1 aromatic rings.